The smallest absolute Gasteiger partial charge is 0.317 e. The Kier molecular flexibility index (Phi) is 7.18. The molecule has 0 aromatic rings. The van der Waals surface area contributed by atoms with Gasteiger partial charge in [-0.3, -0.25) is 14.4 Å². The molecule has 0 spiro atoms. The minimum absolute atomic E-state index is 0.182. The molecule has 0 aliphatic carbocycles. The third kappa shape index (κ3) is 4.54. The van der Waals surface area contributed by atoms with Crippen LogP contribution in [0, 0.1) is 11.8 Å². The van der Waals surface area contributed by atoms with Crippen molar-refractivity contribution in [1.82, 2.24) is 0 Å². The van der Waals surface area contributed by atoms with E-state index < -0.39 is 23.8 Å². The van der Waals surface area contributed by atoms with Gasteiger partial charge in [-0.2, -0.15) is 0 Å². The zero-order chi connectivity index (χ0) is 13.4. The van der Waals surface area contributed by atoms with Gasteiger partial charge in [-0.1, -0.05) is 6.92 Å². The highest BCUT2D eigenvalue weighted by molar-refractivity contribution is 6.01. The average Bonchev–Trinajstić information content (AvgIpc) is 2.25. The van der Waals surface area contributed by atoms with Crippen molar-refractivity contribution in [3.8, 4) is 0 Å². The molecule has 98 valence electrons. The number of carbonyl (C=O) groups is 3. The number of hydrogen-bond acceptors (Lipinski definition) is 5. The monoisotopic (exact) mass is 244 g/mol. The maximum absolute atomic E-state index is 11.6. The Labute approximate surface area is 101 Å². The number of hydrogen-bond donors (Lipinski definition) is 0. The molecule has 0 saturated heterocycles. The summed E-state index contributed by atoms with van der Waals surface area (Å²) in [6.45, 7) is 6.75. The fourth-order valence-electron chi connectivity index (χ4n) is 1.63. The predicted octanol–water partition coefficient (Wildman–Crippen LogP) is 1.34. The van der Waals surface area contributed by atoms with E-state index in [9.17, 15) is 14.4 Å². The molecule has 2 atom stereocenters. The lowest BCUT2D eigenvalue weighted by atomic mass is 9.87. The molecule has 0 aromatic heterocycles. The predicted molar refractivity (Wildman–Crippen MR) is 61.2 cm³/mol. The first kappa shape index (κ1) is 15.6. The van der Waals surface area contributed by atoms with Crippen LogP contribution in [0.4, 0.5) is 0 Å². The van der Waals surface area contributed by atoms with E-state index in [1.54, 1.807) is 20.8 Å². The molecule has 0 saturated carbocycles. The van der Waals surface area contributed by atoms with Gasteiger partial charge in [-0.05, 0) is 27.2 Å². The lowest BCUT2D eigenvalue weighted by molar-refractivity contribution is -0.163. The summed E-state index contributed by atoms with van der Waals surface area (Å²) in [5, 5.41) is 0. The van der Waals surface area contributed by atoms with Gasteiger partial charge < -0.3 is 9.47 Å². The second-order valence-corrected chi connectivity index (χ2v) is 3.61. The molecule has 0 radical (unpaired) electrons. The Bertz CT molecular complexity index is 285. The Morgan fingerprint density at radius 3 is 1.76 bits per heavy atom. The maximum atomic E-state index is 11.6. The van der Waals surface area contributed by atoms with E-state index in [-0.39, 0.29) is 19.0 Å². The van der Waals surface area contributed by atoms with Crippen molar-refractivity contribution in [3.05, 3.63) is 0 Å². The van der Waals surface area contributed by atoms with Gasteiger partial charge in [0.2, 0.25) is 0 Å². The van der Waals surface area contributed by atoms with Crippen LogP contribution in [-0.4, -0.2) is 30.9 Å². The van der Waals surface area contributed by atoms with Crippen LogP contribution in [0.25, 0.3) is 0 Å². The first-order valence-electron chi connectivity index (χ1n) is 5.83. The Morgan fingerprint density at radius 1 is 0.941 bits per heavy atom. The minimum Gasteiger partial charge on any atom is -0.466 e. The lowest BCUT2D eigenvalue weighted by Gasteiger charge is -2.20. The molecule has 5 nitrogen and oxygen atoms in total. The van der Waals surface area contributed by atoms with Crippen molar-refractivity contribution in [1.29, 1.82) is 0 Å². The highest BCUT2D eigenvalue weighted by atomic mass is 16.5. The fraction of sp³-hybridized carbons (Fsp3) is 0.750. The minimum atomic E-state index is -1.06. The maximum Gasteiger partial charge on any atom is 0.317 e. The van der Waals surface area contributed by atoms with Crippen LogP contribution >= 0.6 is 0 Å². The molecule has 0 fully saturated rings. The summed E-state index contributed by atoms with van der Waals surface area (Å²) < 4.78 is 9.66. The first-order chi connectivity index (χ1) is 7.99. The topological polar surface area (TPSA) is 69.7 Å². The van der Waals surface area contributed by atoms with E-state index in [0.717, 1.165) is 0 Å². The number of esters is 2. The summed E-state index contributed by atoms with van der Waals surface area (Å²) in [5.41, 5.74) is 0. The molecule has 0 rings (SSSR count). The number of rotatable bonds is 7. The number of carbonyl (C=O) groups excluding carboxylic acids is 3. The van der Waals surface area contributed by atoms with Crippen LogP contribution in [0.5, 0.6) is 0 Å². The fourth-order valence-corrected chi connectivity index (χ4v) is 1.63. The van der Waals surface area contributed by atoms with Gasteiger partial charge in [-0.15, -0.1) is 0 Å². The third-order valence-corrected chi connectivity index (χ3v) is 2.41. The summed E-state index contributed by atoms with van der Waals surface area (Å²) in [7, 11) is 0. The summed E-state index contributed by atoms with van der Waals surface area (Å²) in [6, 6.07) is 0. The van der Waals surface area contributed by atoms with E-state index in [1.807, 2.05) is 0 Å². The first-order valence-corrected chi connectivity index (χ1v) is 5.83. The number of ether oxygens (including phenoxy) is 2. The third-order valence-electron chi connectivity index (χ3n) is 2.41. The molecular formula is C12H20O5. The van der Waals surface area contributed by atoms with Crippen LogP contribution in [0.3, 0.4) is 0 Å². The van der Waals surface area contributed by atoms with E-state index >= 15 is 0 Å². The van der Waals surface area contributed by atoms with Gasteiger partial charge in [-0.25, -0.2) is 0 Å². The van der Waals surface area contributed by atoms with Gasteiger partial charge in [0.05, 0.1) is 19.1 Å². The molecular weight excluding hydrogens is 224 g/mol. The number of Topliss-reactive ketones (excluding diaryl/α,β-unsaturated/α-hetero) is 1. The summed E-state index contributed by atoms with van der Waals surface area (Å²) in [6.07, 6.45) is 0.363. The van der Waals surface area contributed by atoms with E-state index in [0.29, 0.717) is 6.42 Å². The number of ketones is 1. The van der Waals surface area contributed by atoms with Crippen LogP contribution in [0.2, 0.25) is 0 Å². The summed E-state index contributed by atoms with van der Waals surface area (Å²) >= 11 is 0. The van der Waals surface area contributed by atoms with Gasteiger partial charge >= 0.3 is 11.9 Å². The largest absolute Gasteiger partial charge is 0.466 e. The van der Waals surface area contributed by atoms with Crippen molar-refractivity contribution in [2.75, 3.05) is 13.2 Å². The van der Waals surface area contributed by atoms with Crippen molar-refractivity contribution in [2.24, 2.45) is 11.8 Å². The molecule has 0 N–H and O–H groups in total. The van der Waals surface area contributed by atoms with Crippen LogP contribution in [-0.2, 0) is 23.9 Å². The highest BCUT2D eigenvalue weighted by Gasteiger charge is 2.37. The molecule has 0 amide bonds. The second kappa shape index (κ2) is 7.81. The van der Waals surface area contributed by atoms with Crippen molar-refractivity contribution in [2.45, 2.75) is 34.1 Å². The molecule has 0 heterocycles. The second-order valence-electron chi connectivity index (χ2n) is 3.61. The quantitative estimate of drug-likeness (QED) is 0.499. The molecule has 17 heavy (non-hydrogen) atoms. The van der Waals surface area contributed by atoms with Gasteiger partial charge in [0, 0.05) is 0 Å². The van der Waals surface area contributed by atoms with Crippen molar-refractivity contribution >= 4 is 17.7 Å². The van der Waals surface area contributed by atoms with Crippen LogP contribution < -0.4 is 0 Å². The summed E-state index contributed by atoms with van der Waals surface area (Å²) in [4.78, 5) is 34.8. The molecule has 5 heteroatoms. The standard InChI is InChI=1S/C12H20O5/c1-5-9(11(14)16-6-2)10(8(4)13)12(15)17-7-3/h9-10H,5-7H2,1-4H3/t9-,10+/m0/s1. The zero-order valence-corrected chi connectivity index (χ0v) is 10.8. The lowest BCUT2D eigenvalue weighted by Crippen LogP contribution is -2.36. The van der Waals surface area contributed by atoms with E-state index in [2.05, 4.69) is 0 Å². The van der Waals surface area contributed by atoms with Crippen molar-refractivity contribution < 1.29 is 23.9 Å². The average molecular weight is 244 g/mol. The molecule has 0 unspecified atom stereocenters. The molecule has 0 bridgehead atoms. The summed E-state index contributed by atoms with van der Waals surface area (Å²) in [5.74, 6) is -3.36. The van der Waals surface area contributed by atoms with E-state index in [1.165, 1.54) is 6.92 Å². The Morgan fingerprint density at radius 2 is 1.41 bits per heavy atom. The van der Waals surface area contributed by atoms with Gasteiger partial charge in [0.25, 0.3) is 0 Å². The van der Waals surface area contributed by atoms with Crippen LogP contribution in [0.15, 0.2) is 0 Å². The molecule has 0 aromatic carbocycles. The SMILES string of the molecule is CCOC(=O)[C@H](C(C)=O)[C@H](CC)C(=O)OCC. The normalized spacial score (nSPS) is 13.6. The van der Waals surface area contributed by atoms with E-state index in [4.69, 9.17) is 9.47 Å². The Hall–Kier alpha value is -1.39. The van der Waals surface area contributed by atoms with Crippen molar-refractivity contribution in [3.63, 3.8) is 0 Å². The Balaban J connectivity index is 4.93. The molecule has 0 aliphatic heterocycles. The van der Waals surface area contributed by atoms with Gasteiger partial charge in [0.1, 0.15) is 11.7 Å². The van der Waals surface area contributed by atoms with Crippen LogP contribution in [0.1, 0.15) is 34.1 Å². The van der Waals surface area contributed by atoms with Gasteiger partial charge in [0.15, 0.2) is 0 Å². The highest BCUT2D eigenvalue weighted by Crippen LogP contribution is 2.20. The zero-order valence-electron chi connectivity index (χ0n) is 10.8. The molecule has 0 aliphatic rings.